The molecule has 1 aromatic carbocycles. The Morgan fingerprint density at radius 3 is 2.38 bits per heavy atom. The van der Waals surface area contributed by atoms with Crippen LogP contribution < -0.4 is 5.73 Å². The molecule has 1 heterocycles. The second-order valence-corrected chi connectivity index (χ2v) is 4.50. The van der Waals surface area contributed by atoms with Gasteiger partial charge in [-0.25, -0.2) is 9.97 Å². The SMILES string of the molecule is CN(C)C(=O)c1cc(-c2ccc([N+](=O)[O-])cc2)nc(N)n1. The first-order valence-corrected chi connectivity index (χ1v) is 5.99. The van der Waals surface area contributed by atoms with Crippen LogP contribution in [0, 0.1) is 10.1 Å². The molecule has 1 aromatic heterocycles. The Labute approximate surface area is 120 Å². The van der Waals surface area contributed by atoms with Gasteiger partial charge in [0.2, 0.25) is 5.95 Å². The molecule has 2 aromatic rings. The Kier molecular flexibility index (Phi) is 3.79. The third-order valence-corrected chi connectivity index (χ3v) is 2.74. The highest BCUT2D eigenvalue weighted by atomic mass is 16.6. The number of carbonyl (C=O) groups excluding carboxylic acids is 1. The molecular formula is C13H13N5O3. The second-order valence-electron chi connectivity index (χ2n) is 4.50. The number of hydrogen-bond donors (Lipinski definition) is 1. The lowest BCUT2D eigenvalue weighted by molar-refractivity contribution is -0.384. The van der Waals surface area contributed by atoms with Gasteiger partial charge in [-0.3, -0.25) is 14.9 Å². The van der Waals surface area contributed by atoms with Crippen molar-refractivity contribution in [2.45, 2.75) is 0 Å². The van der Waals surface area contributed by atoms with E-state index in [9.17, 15) is 14.9 Å². The summed E-state index contributed by atoms with van der Waals surface area (Å²) >= 11 is 0. The van der Waals surface area contributed by atoms with Crippen LogP contribution in [0.5, 0.6) is 0 Å². The number of hydrogen-bond acceptors (Lipinski definition) is 6. The van der Waals surface area contributed by atoms with Crippen molar-refractivity contribution in [2.75, 3.05) is 19.8 Å². The van der Waals surface area contributed by atoms with Gasteiger partial charge in [0.15, 0.2) is 0 Å². The summed E-state index contributed by atoms with van der Waals surface area (Å²) in [6, 6.07) is 7.32. The number of aromatic nitrogens is 2. The minimum absolute atomic E-state index is 0.0228. The fourth-order valence-electron chi connectivity index (χ4n) is 1.71. The van der Waals surface area contributed by atoms with E-state index >= 15 is 0 Å². The van der Waals surface area contributed by atoms with E-state index in [2.05, 4.69) is 9.97 Å². The molecule has 0 aliphatic heterocycles. The molecule has 2 rings (SSSR count). The van der Waals surface area contributed by atoms with Gasteiger partial charge in [0.1, 0.15) is 5.69 Å². The van der Waals surface area contributed by atoms with Crippen molar-refractivity contribution in [3.8, 4) is 11.3 Å². The lowest BCUT2D eigenvalue weighted by Gasteiger charge is -2.10. The number of benzene rings is 1. The molecule has 0 unspecified atom stereocenters. The van der Waals surface area contributed by atoms with Gasteiger partial charge in [0.05, 0.1) is 10.6 Å². The summed E-state index contributed by atoms with van der Waals surface area (Å²) in [6.07, 6.45) is 0. The zero-order valence-corrected chi connectivity index (χ0v) is 11.5. The Hall–Kier alpha value is -3.03. The lowest BCUT2D eigenvalue weighted by Crippen LogP contribution is -2.23. The van der Waals surface area contributed by atoms with E-state index in [0.717, 1.165) is 0 Å². The number of anilines is 1. The van der Waals surface area contributed by atoms with E-state index in [1.165, 1.54) is 23.1 Å². The Bertz CT molecular complexity index is 697. The van der Waals surface area contributed by atoms with Gasteiger partial charge in [-0.2, -0.15) is 0 Å². The van der Waals surface area contributed by atoms with E-state index in [1.54, 1.807) is 26.2 Å². The van der Waals surface area contributed by atoms with Crippen LogP contribution in [-0.4, -0.2) is 39.8 Å². The largest absolute Gasteiger partial charge is 0.368 e. The number of nitrogen functional groups attached to an aromatic ring is 1. The summed E-state index contributed by atoms with van der Waals surface area (Å²) in [5.41, 5.74) is 6.80. The topological polar surface area (TPSA) is 115 Å². The van der Waals surface area contributed by atoms with Crippen molar-refractivity contribution in [3.05, 3.63) is 46.1 Å². The van der Waals surface area contributed by atoms with E-state index in [4.69, 9.17) is 5.73 Å². The Morgan fingerprint density at radius 2 is 1.86 bits per heavy atom. The number of rotatable bonds is 3. The van der Waals surface area contributed by atoms with Crippen LogP contribution in [-0.2, 0) is 0 Å². The van der Waals surface area contributed by atoms with E-state index < -0.39 is 4.92 Å². The molecule has 1 amide bonds. The average molecular weight is 287 g/mol. The van der Waals surface area contributed by atoms with Crippen LogP contribution in [0.25, 0.3) is 11.3 Å². The molecule has 0 spiro atoms. The predicted molar refractivity (Wildman–Crippen MR) is 76.6 cm³/mol. The van der Waals surface area contributed by atoms with Gasteiger partial charge in [-0.1, -0.05) is 0 Å². The van der Waals surface area contributed by atoms with Crippen LogP contribution in [0.4, 0.5) is 11.6 Å². The molecule has 8 heteroatoms. The maximum absolute atomic E-state index is 11.9. The number of nitro benzene ring substituents is 1. The standard InChI is InChI=1S/C13H13N5O3/c1-17(2)12(19)11-7-10(15-13(14)16-11)8-3-5-9(6-4-8)18(20)21/h3-7H,1-2H3,(H2,14,15,16). The molecule has 0 aliphatic rings. The highest BCUT2D eigenvalue weighted by molar-refractivity contribution is 5.93. The summed E-state index contributed by atoms with van der Waals surface area (Å²) in [7, 11) is 3.21. The van der Waals surface area contributed by atoms with Gasteiger partial charge in [0.25, 0.3) is 11.6 Å². The molecule has 0 radical (unpaired) electrons. The summed E-state index contributed by atoms with van der Waals surface area (Å²) in [6.45, 7) is 0. The molecule has 0 bridgehead atoms. The smallest absolute Gasteiger partial charge is 0.272 e. The highest BCUT2D eigenvalue weighted by Crippen LogP contribution is 2.22. The van der Waals surface area contributed by atoms with Crippen LogP contribution >= 0.6 is 0 Å². The van der Waals surface area contributed by atoms with Crippen molar-refractivity contribution in [1.82, 2.24) is 14.9 Å². The van der Waals surface area contributed by atoms with Crippen LogP contribution in [0.15, 0.2) is 30.3 Å². The van der Waals surface area contributed by atoms with Crippen molar-refractivity contribution < 1.29 is 9.72 Å². The molecule has 108 valence electrons. The summed E-state index contributed by atoms with van der Waals surface area (Å²) in [4.78, 5) is 31.4. The molecule has 21 heavy (non-hydrogen) atoms. The number of carbonyl (C=O) groups is 1. The summed E-state index contributed by atoms with van der Waals surface area (Å²) in [5.74, 6) is -0.330. The quantitative estimate of drug-likeness (QED) is 0.672. The van der Waals surface area contributed by atoms with Crippen LogP contribution in [0.3, 0.4) is 0 Å². The fraction of sp³-hybridized carbons (Fsp3) is 0.154. The fourth-order valence-corrected chi connectivity index (χ4v) is 1.71. The average Bonchev–Trinajstić information content (AvgIpc) is 2.45. The summed E-state index contributed by atoms with van der Waals surface area (Å²) < 4.78 is 0. The first-order chi connectivity index (χ1) is 9.88. The van der Waals surface area contributed by atoms with Gasteiger partial charge in [-0.15, -0.1) is 0 Å². The van der Waals surface area contributed by atoms with Crippen LogP contribution in [0.1, 0.15) is 10.5 Å². The molecule has 0 fully saturated rings. The van der Waals surface area contributed by atoms with E-state index in [1.807, 2.05) is 0 Å². The maximum Gasteiger partial charge on any atom is 0.272 e. The van der Waals surface area contributed by atoms with Gasteiger partial charge in [0, 0.05) is 31.8 Å². The molecule has 0 atom stereocenters. The third-order valence-electron chi connectivity index (χ3n) is 2.74. The van der Waals surface area contributed by atoms with Crippen LogP contribution in [0.2, 0.25) is 0 Å². The van der Waals surface area contributed by atoms with Crippen molar-refractivity contribution >= 4 is 17.5 Å². The molecule has 8 nitrogen and oxygen atoms in total. The predicted octanol–water partition coefficient (Wildman–Crippen LogP) is 1.34. The first kappa shape index (κ1) is 14.4. The number of non-ortho nitro benzene ring substituents is 1. The van der Waals surface area contributed by atoms with Crippen molar-refractivity contribution in [1.29, 1.82) is 0 Å². The molecule has 0 saturated carbocycles. The number of nitrogens with two attached hydrogens (primary N) is 1. The van der Waals surface area contributed by atoms with Gasteiger partial charge in [-0.05, 0) is 18.2 Å². The minimum atomic E-state index is -0.487. The second kappa shape index (κ2) is 5.53. The van der Waals surface area contributed by atoms with Gasteiger partial charge >= 0.3 is 0 Å². The number of nitrogens with zero attached hydrogens (tertiary/aromatic N) is 4. The molecule has 2 N–H and O–H groups in total. The third kappa shape index (κ3) is 3.11. The van der Waals surface area contributed by atoms with E-state index in [0.29, 0.717) is 11.3 Å². The van der Waals surface area contributed by atoms with Crippen molar-refractivity contribution in [2.24, 2.45) is 0 Å². The van der Waals surface area contributed by atoms with Gasteiger partial charge < -0.3 is 10.6 Å². The summed E-state index contributed by atoms with van der Waals surface area (Å²) in [5, 5.41) is 10.6. The Morgan fingerprint density at radius 1 is 1.24 bits per heavy atom. The highest BCUT2D eigenvalue weighted by Gasteiger charge is 2.14. The zero-order valence-electron chi connectivity index (χ0n) is 11.5. The minimum Gasteiger partial charge on any atom is -0.368 e. The lowest BCUT2D eigenvalue weighted by atomic mass is 10.1. The molecule has 0 aliphatic carbocycles. The Balaban J connectivity index is 2.44. The number of amides is 1. The maximum atomic E-state index is 11.9. The van der Waals surface area contributed by atoms with Crippen molar-refractivity contribution in [3.63, 3.8) is 0 Å². The van der Waals surface area contributed by atoms with E-state index in [-0.39, 0.29) is 23.2 Å². The zero-order chi connectivity index (χ0) is 15.6. The first-order valence-electron chi connectivity index (χ1n) is 5.99. The number of nitro groups is 1. The normalized spacial score (nSPS) is 10.2. The monoisotopic (exact) mass is 287 g/mol. The molecular weight excluding hydrogens is 274 g/mol. The molecule has 0 saturated heterocycles.